The summed E-state index contributed by atoms with van der Waals surface area (Å²) in [6.07, 6.45) is 20.6. The van der Waals surface area contributed by atoms with E-state index in [9.17, 15) is 14.4 Å². The van der Waals surface area contributed by atoms with Crippen molar-refractivity contribution in [2.24, 2.45) is 29.1 Å². The summed E-state index contributed by atoms with van der Waals surface area (Å²) in [5.41, 5.74) is 4.29. The van der Waals surface area contributed by atoms with Gasteiger partial charge >= 0.3 is 18.1 Å². The molecule has 9 heteroatoms. The Morgan fingerprint density at radius 2 is 1.33 bits per heavy atom. The molecule has 60 heavy (non-hydrogen) atoms. The zero-order valence-electron chi connectivity index (χ0n) is 36.9. The van der Waals surface area contributed by atoms with E-state index in [1.54, 1.807) is 13.8 Å². The van der Waals surface area contributed by atoms with E-state index in [4.69, 9.17) is 28.4 Å². The number of benzene rings is 2. The summed E-state index contributed by atoms with van der Waals surface area (Å²) in [5.74, 6) is 4.00. The van der Waals surface area contributed by atoms with E-state index in [0.717, 1.165) is 64.5 Å². The first-order valence-corrected chi connectivity index (χ1v) is 22.6. The van der Waals surface area contributed by atoms with Crippen molar-refractivity contribution in [3.05, 3.63) is 84.0 Å². The maximum Gasteiger partial charge on any atom is 0.508 e. The Morgan fingerprint density at radius 1 is 0.767 bits per heavy atom. The van der Waals surface area contributed by atoms with Crippen LogP contribution in [0.5, 0.6) is 11.5 Å². The molecule has 9 nitrogen and oxygen atoms in total. The van der Waals surface area contributed by atoms with Gasteiger partial charge in [-0.25, -0.2) is 14.4 Å². The van der Waals surface area contributed by atoms with Gasteiger partial charge in [0.1, 0.15) is 31.3 Å². The molecule has 0 radical (unpaired) electrons. The molecule has 0 N–H and O–H groups in total. The van der Waals surface area contributed by atoms with Gasteiger partial charge in [0.15, 0.2) is 0 Å². The van der Waals surface area contributed by atoms with Gasteiger partial charge in [-0.05, 0) is 181 Å². The van der Waals surface area contributed by atoms with Crippen molar-refractivity contribution in [1.29, 1.82) is 0 Å². The molecule has 5 rings (SSSR count). The predicted octanol–water partition coefficient (Wildman–Crippen LogP) is 11.7. The zero-order chi connectivity index (χ0) is 42.9. The molecule has 328 valence electrons. The number of cyclic esters (lactones) is 2. The van der Waals surface area contributed by atoms with Crippen molar-refractivity contribution >= 4 is 18.1 Å². The highest BCUT2D eigenvalue weighted by atomic mass is 16.7. The van der Waals surface area contributed by atoms with Crippen LogP contribution in [0.25, 0.3) is 11.1 Å². The average molecular weight is 827 g/mol. The lowest BCUT2D eigenvalue weighted by Gasteiger charge is -2.37. The van der Waals surface area contributed by atoms with Crippen molar-refractivity contribution in [2.45, 2.75) is 124 Å². The number of hydrogen-bond acceptors (Lipinski definition) is 9. The van der Waals surface area contributed by atoms with Gasteiger partial charge in [-0.3, -0.25) is 0 Å². The molecule has 0 aromatic heterocycles. The smallest absolute Gasteiger partial charge is 0.493 e. The van der Waals surface area contributed by atoms with E-state index < -0.39 is 23.5 Å². The first-order valence-electron chi connectivity index (χ1n) is 22.6. The lowest BCUT2D eigenvalue weighted by Crippen LogP contribution is -2.41. The molecule has 3 fully saturated rings. The van der Waals surface area contributed by atoms with E-state index >= 15 is 0 Å². The molecule has 2 aliphatic carbocycles. The number of unbranched alkanes of at least 4 members (excludes halogenated alkanes) is 2. The fraction of sp³-hybridized carbons (Fsp3) is 0.588. The first kappa shape index (κ1) is 46.5. The molecule has 0 amide bonds. The summed E-state index contributed by atoms with van der Waals surface area (Å²) in [7, 11) is 0. The van der Waals surface area contributed by atoms with Crippen molar-refractivity contribution in [1.82, 2.24) is 0 Å². The van der Waals surface area contributed by atoms with Crippen LogP contribution in [0, 0.1) is 29.1 Å². The molecular formula is C51H70O9. The molecule has 1 aliphatic heterocycles. The van der Waals surface area contributed by atoms with Crippen LogP contribution in [0.1, 0.15) is 122 Å². The third kappa shape index (κ3) is 14.6. The highest BCUT2D eigenvalue weighted by Gasteiger charge is 2.35. The van der Waals surface area contributed by atoms with Crippen LogP contribution in [0.2, 0.25) is 0 Å². The van der Waals surface area contributed by atoms with Gasteiger partial charge in [-0.2, -0.15) is 0 Å². The van der Waals surface area contributed by atoms with Crippen LogP contribution in [0.4, 0.5) is 4.79 Å². The number of carbonyl (C=O) groups excluding carboxylic acids is 3. The summed E-state index contributed by atoms with van der Waals surface area (Å²) in [6.45, 7) is 16.8. The summed E-state index contributed by atoms with van der Waals surface area (Å²) in [4.78, 5) is 35.8. The number of allylic oxidation sites excluding steroid dienone is 2. The maximum atomic E-state index is 12.1. The summed E-state index contributed by atoms with van der Waals surface area (Å²) in [5, 5.41) is 0. The molecule has 2 aromatic carbocycles. The van der Waals surface area contributed by atoms with Gasteiger partial charge < -0.3 is 28.4 Å². The van der Waals surface area contributed by atoms with E-state index in [1.807, 2.05) is 6.92 Å². The number of rotatable bonds is 22. The predicted molar refractivity (Wildman–Crippen MR) is 236 cm³/mol. The Kier molecular flexibility index (Phi) is 18.2. The monoisotopic (exact) mass is 827 g/mol. The quantitative estimate of drug-likeness (QED) is 0.0377. The van der Waals surface area contributed by atoms with Crippen molar-refractivity contribution < 1.29 is 42.8 Å². The standard InChI is InChI=1S/C51H70O9/c1-7-8-9-13-38-16-20-40(21-17-38)41-22-18-39(19-23-41)32-57-46-26-24-42(25-27-46)45-30-43(14-10-11-28-55-48(52)36(2)3)47(58-33-51(6)34-59-50(54)60-35-51)44(31-45)15-12-29-56-49(53)37(4)5/h9,13,24-27,30-31,38-41H,2,4,7-8,10-12,14-23,28-29,32-35H2,1,3,5-6H3/b13-9+. The van der Waals surface area contributed by atoms with Crippen LogP contribution in [-0.4, -0.2) is 57.7 Å². The Labute approximate surface area is 359 Å². The molecule has 0 atom stereocenters. The van der Waals surface area contributed by atoms with Gasteiger partial charge in [-0.1, -0.05) is 50.8 Å². The van der Waals surface area contributed by atoms with E-state index in [0.29, 0.717) is 49.4 Å². The van der Waals surface area contributed by atoms with Crippen molar-refractivity contribution in [2.75, 3.05) is 39.6 Å². The highest BCUT2D eigenvalue weighted by Crippen LogP contribution is 2.42. The normalized spacial score (nSPS) is 21.4. The van der Waals surface area contributed by atoms with Gasteiger partial charge in [0.05, 0.1) is 25.2 Å². The van der Waals surface area contributed by atoms with Crippen molar-refractivity contribution in [3.8, 4) is 22.6 Å². The third-order valence-corrected chi connectivity index (χ3v) is 12.4. The summed E-state index contributed by atoms with van der Waals surface area (Å²) >= 11 is 0. The minimum atomic E-state index is -0.674. The van der Waals surface area contributed by atoms with E-state index in [-0.39, 0.29) is 26.4 Å². The molecule has 2 aromatic rings. The molecule has 3 aliphatic rings. The van der Waals surface area contributed by atoms with E-state index in [2.05, 4.69) is 68.6 Å². The molecular weight excluding hydrogens is 757 g/mol. The Hall–Kier alpha value is -4.53. The van der Waals surface area contributed by atoms with Crippen LogP contribution in [-0.2, 0) is 41.4 Å². The number of esters is 2. The molecule has 0 spiro atoms. The highest BCUT2D eigenvalue weighted by molar-refractivity contribution is 5.87. The Morgan fingerprint density at radius 3 is 1.92 bits per heavy atom. The minimum absolute atomic E-state index is 0.188. The van der Waals surface area contributed by atoms with E-state index in [1.165, 1.54) is 64.2 Å². The second kappa shape index (κ2) is 23.5. The number of ether oxygens (including phenoxy) is 6. The lowest BCUT2D eigenvalue weighted by molar-refractivity contribution is -0.139. The Bertz CT molecular complexity index is 1750. The lowest BCUT2D eigenvalue weighted by atomic mass is 9.69. The summed E-state index contributed by atoms with van der Waals surface area (Å²) in [6, 6.07) is 12.7. The minimum Gasteiger partial charge on any atom is -0.493 e. The number of hydrogen-bond donors (Lipinski definition) is 0. The van der Waals surface area contributed by atoms with Crippen LogP contribution < -0.4 is 9.47 Å². The molecule has 1 saturated heterocycles. The third-order valence-electron chi connectivity index (χ3n) is 12.4. The average Bonchev–Trinajstić information content (AvgIpc) is 3.25. The van der Waals surface area contributed by atoms with Crippen LogP contribution in [0.15, 0.2) is 72.9 Å². The topological polar surface area (TPSA) is 107 Å². The second-order valence-electron chi connectivity index (χ2n) is 18.0. The largest absolute Gasteiger partial charge is 0.508 e. The SMILES string of the molecule is C=C(C)C(=O)OCCCCc1cc(-c2ccc(OCC3CCC(C4CCC(/C=C/CCC)CC4)CC3)cc2)cc(CCCOC(=O)C(=C)C)c1OCC1(C)COC(=O)OC1. The number of carbonyl (C=O) groups is 3. The van der Waals surface area contributed by atoms with Crippen molar-refractivity contribution in [3.63, 3.8) is 0 Å². The maximum absolute atomic E-state index is 12.1. The second-order valence-corrected chi connectivity index (χ2v) is 18.0. The first-order chi connectivity index (χ1) is 28.9. The molecule has 1 heterocycles. The van der Waals surface area contributed by atoms with Gasteiger partial charge in [0.2, 0.25) is 0 Å². The van der Waals surface area contributed by atoms with Gasteiger partial charge in [0.25, 0.3) is 0 Å². The molecule has 2 saturated carbocycles. The Balaban J connectivity index is 1.25. The molecule has 0 unspecified atom stereocenters. The van der Waals surface area contributed by atoms with Crippen LogP contribution in [0.3, 0.4) is 0 Å². The fourth-order valence-corrected chi connectivity index (χ4v) is 8.66. The van der Waals surface area contributed by atoms with Crippen LogP contribution >= 0.6 is 0 Å². The van der Waals surface area contributed by atoms with Gasteiger partial charge in [0, 0.05) is 11.1 Å². The number of aryl methyl sites for hydroxylation is 2. The van der Waals surface area contributed by atoms with Gasteiger partial charge in [-0.15, -0.1) is 0 Å². The molecule has 0 bridgehead atoms. The summed E-state index contributed by atoms with van der Waals surface area (Å²) < 4.78 is 34.3. The zero-order valence-corrected chi connectivity index (χ0v) is 36.9. The fourth-order valence-electron chi connectivity index (χ4n) is 8.66.